The molecule has 0 fully saturated rings. The highest BCUT2D eigenvalue weighted by molar-refractivity contribution is 7.18. The molecule has 0 aliphatic heterocycles. The summed E-state index contributed by atoms with van der Waals surface area (Å²) in [6.07, 6.45) is 4.20. The number of rotatable bonds is 2. The highest BCUT2D eigenvalue weighted by Gasteiger charge is 2.21. The molecule has 100 valence electrons. The number of esters is 1. The zero-order valence-electron chi connectivity index (χ0n) is 10.6. The van der Waals surface area contributed by atoms with Gasteiger partial charge in [-0.1, -0.05) is 0 Å². The van der Waals surface area contributed by atoms with Crippen LogP contribution < -0.4 is 5.56 Å². The van der Waals surface area contributed by atoms with E-state index in [1.54, 1.807) is 6.92 Å². The molecule has 5 nitrogen and oxygen atoms in total. The summed E-state index contributed by atoms with van der Waals surface area (Å²) in [5.74, 6) is -0.578. The van der Waals surface area contributed by atoms with Crippen molar-refractivity contribution in [2.75, 3.05) is 6.61 Å². The van der Waals surface area contributed by atoms with Gasteiger partial charge in [0.1, 0.15) is 4.83 Å². The third-order valence-corrected chi connectivity index (χ3v) is 4.48. The van der Waals surface area contributed by atoms with Crippen molar-refractivity contribution in [3.05, 3.63) is 26.6 Å². The van der Waals surface area contributed by atoms with Crippen molar-refractivity contribution in [1.82, 2.24) is 9.97 Å². The Bertz CT molecular complexity index is 702. The lowest BCUT2D eigenvalue weighted by atomic mass is 9.97. The maximum absolute atomic E-state index is 12.1. The number of fused-ring (bicyclic) bond motifs is 3. The Balaban J connectivity index is 2.17. The van der Waals surface area contributed by atoms with Crippen LogP contribution >= 0.6 is 11.3 Å². The van der Waals surface area contributed by atoms with E-state index in [1.807, 2.05) is 0 Å². The van der Waals surface area contributed by atoms with Gasteiger partial charge in [0, 0.05) is 4.88 Å². The molecule has 0 saturated carbocycles. The monoisotopic (exact) mass is 278 g/mol. The summed E-state index contributed by atoms with van der Waals surface area (Å²) in [6, 6.07) is 0. The Morgan fingerprint density at radius 1 is 1.42 bits per heavy atom. The third kappa shape index (κ3) is 2.06. The number of carbonyl (C=O) groups is 1. The molecule has 0 bridgehead atoms. The molecule has 2 aromatic heterocycles. The van der Waals surface area contributed by atoms with Crippen LogP contribution in [0.25, 0.3) is 10.2 Å². The Hall–Kier alpha value is -1.69. The summed E-state index contributed by atoms with van der Waals surface area (Å²) in [7, 11) is 0. The molecule has 3 rings (SSSR count). The number of hydrogen-bond donors (Lipinski definition) is 1. The van der Waals surface area contributed by atoms with Crippen molar-refractivity contribution in [2.45, 2.75) is 32.6 Å². The summed E-state index contributed by atoms with van der Waals surface area (Å²) >= 11 is 1.52. The van der Waals surface area contributed by atoms with Crippen LogP contribution in [0.3, 0.4) is 0 Å². The van der Waals surface area contributed by atoms with Crippen molar-refractivity contribution >= 4 is 27.5 Å². The molecule has 6 heteroatoms. The predicted octanol–water partition coefficient (Wildman–Crippen LogP) is 2.04. The molecule has 1 aliphatic rings. The number of hydrogen-bond acceptors (Lipinski definition) is 5. The van der Waals surface area contributed by atoms with Gasteiger partial charge in [-0.2, -0.15) is 0 Å². The highest BCUT2D eigenvalue weighted by Crippen LogP contribution is 2.33. The molecule has 1 aliphatic carbocycles. The Labute approximate surface area is 113 Å². The first-order valence-electron chi connectivity index (χ1n) is 6.42. The van der Waals surface area contributed by atoms with Crippen LogP contribution in [0.15, 0.2) is 4.79 Å². The van der Waals surface area contributed by atoms with E-state index in [1.165, 1.54) is 16.2 Å². The number of aromatic nitrogens is 2. The second kappa shape index (κ2) is 4.77. The average Bonchev–Trinajstić information content (AvgIpc) is 2.77. The molecule has 0 saturated heterocycles. The Morgan fingerprint density at radius 3 is 3.00 bits per heavy atom. The Morgan fingerprint density at radius 2 is 2.21 bits per heavy atom. The standard InChI is InChI=1S/C13H14N2O3S/c1-2-18-13(17)10-14-11(16)9-7-5-3-4-6-8(7)19-12(9)15-10/h2-6H2,1H3,(H,14,15,16). The van der Waals surface area contributed by atoms with E-state index < -0.39 is 5.97 Å². The topological polar surface area (TPSA) is 72.0 Å². The molecule has 1 N–H and O–H groups in total. The van der Waals surface area contributed by atoms with E-state index in [9.17, 15) is 9.59 Å². The summed E-state index contributed by atoms with van der Waals surface area (Å²) in [6.45, 7) is 1.99. The minimum atomic E-state index is -0.576. The lowest BCUT2D eigenvalue weighted by Crippen LogP contribution is -2.18. The van der Waals surface area contributed by atoms with Crippen molar-refractivity contribution in [3.63, 3.8) is 0 Å². The smallest absolute Gasteiger partial charge is 0.374 e. The first-order chi connectivity index (χ1) is 9.20. The number of H-pyrrole nitrogens is 1. The number of nitrogens with zero attached hydrogens (tertiary/aromatic N) is 1. The molecule has 0 amide bonds. The van der Waals surface area contributed by atoms with Crippen LogP contribution in [0.4, 0.5) is 0 Å². The average molecular weight is 278 g/mol. The van der Waals surface area contributed by atoms with E-state index >= 15 is 0 Å². The van der Waals surface area contributed by atoms with E-state index in [-0.39, 0.29) is 18.0 Å². The summed E-state index contributed by atoms with van der Waals surface area (Å²) < 4.78 is 4.87. The second-order valence-corrected chi connectivity index (χ2v) is 5.61. The number of carbonyl (C=O) groups excluding carboxylic acids is 1. The van der Waals surface area contributed by atoms with Crippen molar-refractivity contribution in [3.8, 4) is 0 Å². The number of thiophene rings is 1. The fourth-order valence-electron chi connectivity index (χ4n) is 2.46. The highest BCUT2D eigenvalue weighted by atomic mass is 32.1. The van der Waals surface area contributed by atoms with E-state index in [0.29, 0.717) is 10.2 Å². The van der Waals surface area contributed by atoms with Crippen molar-refractivity contribution in [2.24, 2.45) is 0 Å². The van der Waals surface area contributed by atoms with Crippen LogP contribution in [0.5, 0.6) is 0 Å². The normalized spacial score (nSPS) is 14.4. The lowest BCUT2D eigenvalue weighted by molar-refractivity contribution is 0.0512. The zero-order chi connectivity index (χ0) is 13.4. The fraction of sp³-hybridized carbons (Fsp3) is 0.462. The number of aromatic amines is 1. The molecular formula is C13H14N2O3S. The van der Waals surface area contributed by atoms with Gasteiger partial charge in [0.25, 0.3) is 5.56 Å². The molecular weight excluding hydrogens is 264 g/mol. The van der Waals surface area contributed by atoms with Crippen LogP contribution in [0, 0.1) is 0 Å². The zero-order valence-corrected chi connectivity index (χ0v) is 11.4. The van der Waals surface area contributed by atoms with Gasteiger partial charge in [-0.05, 0) is 38.2 Å². The molecule has 0 spiro atoms. The maximum Gasteiger partial charge on any atom is 0.374 e. The lowest BCUT2D eigenvalue weighted by Gasteiger charge is -2.09. The van der Waals surface area contributed by atoms with Gasteiger partial charge in [0.2, 0.25) is 5.82 Å². The molecule has 0 aromatic carbocycles. The van der Waals surface area contributed by atoms with Gasteiger partial charge < -0.3 is 9.72 Å². The third-order valence-electron chi connectivity index (χ3n) is 3.29. The largest absolute Gasteiger partial charge is 0.460 e. The molecule has 0 radical (unpaired) electrons. The van der Waals surface area contributed by atoms with Gasteiger partial charge in [0.05, 0.1) is 12.0 Å². The molecule has 2 aromatic rings. The van der Waals surface area contributed by atoms with Crippen molar-refractivity contribution < 1.29 is 9.53 Å². The molecule has 2 heterocycles. The minimum absolute atomic E-state index is 0.00190. The summed E-state index contributed by atoms with van der Waals surface area (Å²) in [4.78, 5) is 32.5. The second-order valence-electron chi connectivity index (χ2n) is 4.53. The van der Waals surface area contributed by atoms with E-state index in [4.69, 9.17) is 4.74 Å². The predicted molar refractivity (Wildman–Crippen MR) is 72.8 cm³/mol. The first-order valence-corrected chi connectivity index (χ1v) is 7.24. The van der Waals surface area contributed by atoms with Crippen LogP contribution in [-0.4, -0.2) is 22.5 Å². The van der Waals surface area contributed by atoms with Gasteiger partial charge >= 0.3 is 5.97 Å². The maximum atomic E-state index is 12.1. The molecule has 19 heavy (non-hydrogen) atoms. The summed E-state index contributed by atoms with van der Waals surface area (Å²) in [5.41, 5.74) is 0.892. The first kappa shape index (κ1) is 12.3. The van der Waals surface area contributed by atoms with Crippen LogP contribution in [0.2, 0.25) is 0 Å². The van der Waals surface area contributed by atoms with Crippen LogP contribution in [-0.2, 0) is 17.6 Å². The molecule has 0 unspecified atom stereocenters. The van der Waals surface area contributed by atoms with E-state index in [0.717, 1.165) is 31.2 Å². The quantitative estimate of drug-likeness (QED) is 0.853. The minimum Gasteiger partial charge on any atom is -0.460 e. The van der Waals surface area contributed by atoms with Gasteiger partial charge in [-0.15, -0.1) is 11.3 Å². The fourth-order valence-corrected chi connectivity index (χ4v) is 3.72. The SMILES string of the molecule is CCOC(=O)c1nc2sc3c(c2c(=O)[nH]1)CCCC3. The van der Waals surface area contributed by atoms with Crippen molar-refractivity contribution in [1.29, 1.82) is 0 Å². The Kier molecular flexibility index (Phi) is 3.10. The van der Waals surface area contributed by atoms with E-state index in [2.05, 4.69) is 9.97 Å². The van der Waals surface area contributed by atoms with Gasteiger partial charge in [0.15, 0.2) is 0 Å². The number of aryl methyl sites for hydroxylation is 2. The van der Waals surface area contributed by atoms with Gasteiger partial charge in [-0.3, -0.25) is 4.79 Å². The summed E-state index contributed by atoms with van der Waals surface area (Å²) in [5, 5.41) is 0.660. The number of nitrogens with one attached hydrogen (secondary N) is 1. The molecule has 0 atom stereocenters. The number of ether oxygens (including phenoxy) is 1. The van der Waals surface area contributed by atoms with Crippen LogP contribution in [0.1, 0.15) is 40.8 Å². The van der Waals surface area contributed by atoms with Gasteiger partial charge in [-0.25, -0.2) is 9.78 Å².